The lowest BCUT2D eigenvalue weighted by Crippen LogP contribution is -2.42. The van der Waals surface area contributed by atoms with E-state index in [4.69, 9.17) is 4.74 Å². The molecule has 0 radical (unpaired) electrons. The molecule has 3 nitrogen and oxygen atoms in total. The normalized spacial score (nSPS) is 13.0. The SMILES string of the molecule is CC(C)C(=O)O[C@@H](C)C(O)(c1ccc(F)cc1)c1ccc(F)cc1. The van der Waals surface area contributed by atoms with E-state index in [0.29, 0.717) is 11.1 Å². The number of carbonyl (C=O) groups excluding carboxylic acids is 1. The summed E-state index contributed by atoms with van der Waals surface area (Å²) in [6.45, 7) is 4.92. The van der Waals surface area contributed by atoms with E-state index in [1.807, 2.05) is 0 Å². The van der Waals surface area contributed by atoms with E-state index in [-0.39, 0.29) is 5.92 Å². The molecule has 5 heteroatoms. The minimum absolute atomic E-state index is 0.347. The van der Waals surface area contributed by atoms with Crippen molar-refractivity contribution in [1.82, 2.24) is 0 Å². The summed E-state index contributed by atoms with van der Waals surface area (Å²) in [4.78, 5) is 11.9. The molecule has 2 aromatic rings. The Morgan fingerprint density at radius 1 is 0.917 bits per heavy atom. The molecule has 24 heavy (non-hydrogen) atoms. The molecule has 0 heterocycles. The first-order valence-corrected chi connectivity index (χ1v) is 7.70. The highest BCUT2D eigenvalue weighted by atomic mass is 19.1. The van der Waals surface area contributed by atoms with Crippen LogP contribution in [-0.2, 0) is 15.1 Å². The zero-order valence-electron chi connectivity index (χ0n) is 13.8. The topological polar surface area (TPSA) is 46.5 Å². The predicted octanol–water partition coefficient (Wildman–Crippen LogP) is 3.79. The van der Waals surface area contributed by atoms with Crippen molar-refractivity contribution in [1.29, 1.82) is 0 Å². The molecule has 0 saturated carbocycles. The van der Waals surface area contributed by atoms with Gasteiger partial charge in [-0.25, -0.2) is 8.78 Å². The molecule has 0 bridgehead atoms. The third-order valence-corrected chi connectivity index (χ3v) is 3.92. The van der Waals surface area contributed by atoms with Crippen molar-refractivity contribution in [2.75, 3.05) is 0 Å². The molecule has 2 aromatic carbocycles. The second kappa shape index (κ2) is 7.09. The molecule has 0 aliphatic heterocycles. The standard InChI is InChI=1S/C19H20F2O3/c1-12(2)18(22)24-13(3)19(23,14-4-8-16(20)9-5-14)15-6-10-17(21)11-7-15/h4-13,23H,1-3H3/t13-/m0/s1. The van der Waals surface area contributed by atoms with E-state index in [9.17, 15) is 18.7 Å². The van der Waals surface area contributed by atoms with Crippen LogP contribution in [0.1, 0.15) is 31.9 Å². The van der Waals surface area contributed by atoms with E-state index in [2.05, 4.69) is 0 Å². The van der Waals surface area contributed by atoms with Gasteiger partial charge < -0.3 is 9.84 Å². The van der Waals surface area contributed by atoms with Gasteiger partial charge in [0.1, 0.15) is 17.7 Å². The van der Waals surface area contributed by atoms with Crippen LogP contribution in [0.4, 0.5) is 8.78 Å². The lowest BCUT2D eigenvalue weighted by atomic mass is 9.82. The lowest BCUT2D eigenvalue weighted by molar-refractivity contribution is -0.163. The average molecular weight is 334 g/mol. The van der Waals surface area contributed by atoms with E-state index < -0.39 is 29.3 Å². The molecule has 0 aliphatic rings. The van der Waals surface area contributed by atoms with Gasteiger partial charge in [0.25, 0.3) is 0 Å². The lowest BCUT2D eigenvalue weighted by Gasteiger charge is -2.35. The summed E-state index contributed by atoms with van der Waals surface area (Å²) in [6.07, 6.45) is -0.955. The Bertz CT molecular complexity index is 648. The summed E-state index contributed by atoms with van der Waals surface area (Å²) in [7, 11) is 0. The van der Waals surface area contributed by atoms with E-state index >= 15 is 0 Å². The number of hydrogen-bond acceptors (Lipinski definition) is 3. The van der Waals surface area contributed by atoms with Crippen LogP contribution >= 0.6 is 0 Å². The fraction of sp³-hybridized carbons (Fsp3) is 0.316. The van der Waals surface area contributed by atoms with Crippen molar-refractivity contribution >= 4 is 5.97 Å². The number of rotatable bonds is 5. The number of esters is 1. The van der Waals surface area contributed by atoms with Gasteiger partial charge in [-0.15, -0.1) is 0 Å². The molecule has 2 rings (SSSR count). The van der Waals surface area contributed by atoms with E-state index in [1.54, 1.807) is 20.8 Å². The Labute approximate surface area is 139 Å². The number of hydrogen-bond donors (Lipinski definition) is 1. The van der Waals surface area contributed by atoms with Crippen LogP contribution in [0.2, 0.25) is 0 Å². The number of aliphatic hydroxyl groups is 1. The van der Waals surface area contributed by atoms with Crippen molar-refractivity contribution in [2.24, 2.45) is 5.92 Å². The van der Waals surface area contributed by atoms with Crippen LogP contribution in [-0.4, -0.2) is 17.2 Å². The minimum Gasteiger partial charge on any atom is -0.459 e. The Morgan fingerprint density at radius 2 is 1.29 bits per heavy atom. The van der Waals surface area contributed by atoms with Crippen molar-refractivity contribution < 1.29 is 23.4 Å². The fourth-order valence-corrected chi connectivity index (χ4v) is 2.44. The molecule has 0 fully saturated rings. The first-order valence-electron chi connectivity index (χ1n) is 7.70. The zero-order chi connectivity index (χ0) is 17.9. The molecule has 0 unspecified atom stereocenters. The highest BCUT2D eigenvalue weighted by Crippen LogP contribution is 2.35. The van der Waals surface area contributed by atoms with Gasteiger partial charge in [-0.1, -0.05) is 38.1 Å². The summed E-state index contributed by atoms with van der Waals surface area (Å²) >= 11 is 0. The van der Waals surface area contributed by atoms with Gasteiger partial charge >= 0.3 is 5.97 Å². The van der Waals surface area contributed by atoms with Crippen LogP contribution in [0.3, 0.4) is 0 Å². The van der Waals surface area contributed by atoms with Crippen molar-refractivity contribution in [2.45, 2.75) is 32.5 Å². The third kappa shape index (κ3) is 3.62. The molecule has 1 atom stereocenters. The molecule has 0 aliphatic carbocycles. The van der Waals surface area contributed by atoms with E-state index in [1.165, 1.54) is 48.5 Å². The van der Waals surface area contributed by atoms with Crippen LogP contribution in [0.25, 0.3) is 0 Å². The quantitative estimate of drug-likeness (QED) is 0.846. The second-order valence-electron chi connectivity index (χ2n) is 6.01. The van der Waals surface area contributed by atoms with Gasteiger partial charge in [0, 0.05) is 0 Å². The monoisotopic (exact) mass is 334 g/mol. The van der Waals surface area contributed by atoms with Crippen LogP contribution in [0.5, 0.6) is 0 Å². The Balaban J connectivity index is 2.49. The molecule has 1 N–H and O–H groups in total. The number of benzene rings is 2. The molecule has 0 amide bonds. The molecular formula is C19H20F2O3. The Kier molecular flexibility index (Phi) is 5.34. The molecule has 128 valence electrons. The predicted molar refractivity (Wildman–Crippen MR) is 86.2 cm³/mol. The first kappa shape index (κ1) is 18.1. The van der Waals surface area contributed by atoms with Gasteiger partial charge in [-0.2, -0.15) is 0 Å². The largest absolute Gasteiger partial charge is 0.459 e. The van der Waals surface area contributed by atoms with Gasteiger partial charge in [0.15, 0.2) is 5.60 Å². The van der Waals surface area contributed by atoms with Gasteiger partial charge in [-0.3, -0.25) is 4.79 Å². The minimum atomic E-state index is -1.73. The van der Waals surface area contributed by atoms with Crippen LogP contribution in [0, 0.1) is 17.6 Å². The molecule has 0 saturated heterocycles. The summed E-state index contributed by atoms with van der Waals surface area (Å²) in [6, 6.07) is 10.5. The van der Waals surface area contributed by atoms with Crippen molar-refractivity contribution in [3.63, 3.8) is 0 Å². The second-order valence-corrected chi connectivity index (χ2v) is 6.01. The Morgan fingerprint density at radius 3 is 1.62 bits per heavy atom. The average Bonchev–Trinajstić information content (AvgIpc) is 2.55. The maximum Gasteiger partial charge on any atom is 0.308 e. The smallest absolute Gasteiger partial charge is 0.308 e. The van der Waals surface area contributed by atoms with Crippen LogP contribution in [0.15, 0.2) is 48.5 Å². The summed E-state index contributed by atoms with van der Waals surface area (Å²) in [5, 5.41) is 11.3. The number of halogens is 2. The van der Waals surface area contributed by atoms with Gasteiger partial charge in [-0.05, 0) is 42.3 Å². The fourth-order valence-electron chi connectivity index (χ4n) is 2.44. The maximum atomic E-state index is 13.2. The maximum absolute atomic E-state index is 13.2. The van der Waals surface area contributed by atoms with Gasteiger partial charge in [0.05, 0.1) is 5.92 Å². The summed E-state index contributed by atoms with van der Waals surface area (Å²) in [5.41, 5.74) is -1.04. The van der Waals surface area contributed by atoms with Gasteiger partial charge in [0.2, 0.25) is 0 Å². The number of ether oxygens (including phenoxy) is 1. The zero-order valence-corrected chi connectivity index (χ0v) is 13.8. The summed E-state index contributed by atoms with van der Waals surface area (Å²) in [5.74, 6) is -1.73. The molecular weight excluding hydrogens is 314 g/mol. The molecule has 0 spiro atoms. The van der Waals surface area contributed by atoms with Crippen molar-refractivity contribution in [3.8, 4) is 0 Å². The highest BCUT2D eigenvalue weighted by molar-refractivity contribution is 5.71. The number of carbonyl (C=O) groups is 1. The molecule has 0 aromatic heterocycles. The highest BCUT2D eigenvalue weighted by Gasteiger charge is 2.40. The third-order valence-electron chi connectivity index (χ3n) is 3.92. The summed E-state index contributed by atoms with van der Waals surface area (Å²) < 4.78 is 31.8. The van der Waals surface area contributed by atoms with Crippen molar-refractivity contribution in [3.05, 3.63) is 71.3 Å². The van der Waals surface area contributed by atoms with Crippen LogP contribution < -0.4 is 0 Å². The first-order chi connectivity index (χ1) is 11.2. The Hall–Kier alpha value is -2.27. The van der Waals surface area contributed by atoms with E-state index in [0.717, 1.165) is 0 Å².